The quantitative estimate of drug-likeness (QED) is 0.204. The van der Waals surface area contributed by atoms with E-state index >= 15 is 4.39 Å². The van der Waals surface area contributed by atoms with Crippen LogP contribution in [0.3, 0.4) is 0 Å². The van der Waals surface area contributed by atoms with Crippen molar-refractivity contribution in [2.45, 2.75) is 38.3 Å². The zero-order valence-electron chi connectivity index (χ0n) is 27.1. The lowest BCUT2D eigenvalue weighted by Crippen LogP contribution is -2.53. The van der Waals surface area contributed by atoms with Crippen molar-refractivity contribution in [3.8, 4) is 11.5 Å². The van der Waals surface area contributed by atoms with Crippen molar-refractivity contribution in [2.24, 2.45) is 5.41 Å². The number of likely N-dealkylation sites (tertiary alicyclic amines) is 1. The minimum Gasteiger partial charge on any atom is -0.460 e. The largest absolute Gasteiger partial charge is 0.460 e. The molecule has 0 bridgehead atoms. The number of benzene rings is 2. The first-order valence-electron chi connectivity index (χ1n) is 15.7. The molecule has 0 spiro atoms. The number of hydrogen-bond donors (Lipinski definition) is 2. The second kappa shape index (κ2) is 17.8. The molecule has 3 amide bonds. The van der Waals surface area contributed by atoms with E-state index < -0.39 is 23.1 Å². The summed E-state index contributed by atoms with van der Waals surface area (Å²) in [5.41, 5.74) is -0.567. The van der Waals surface area contributed by atoms with E-state index in [-0.39, 0.29) is 61.3 Å². The molecule has 3 aromatic rings. The Kier molecular flexibility index (Phi) is 14.5. The van der Waals surface area contributed by atoms with Crippen LogP contribution >= 0.6 is 37.2 Å². The van der Waals surface area contributed by atoms with Crippen LogP contribution in [0.1, 0.15) is 31.2 Å². The molecule has 11 nitrogen and oxygen atoms in total. The number of urea groups is 1. The van der Waals surface area contributed by atoms with Crippen molar-refractivity contribution in [1.82, 2.24) is 19.7 Å². The highest BCUT2D eigenvalue weighted by atomic mass is 35.5. The van der Waals surface area contributed by atoms with E-state index in [1.165, 1.54) is 18.3 Å². The van der Waals surface area contributed by atoms with Crippen LogP contribution in [0.15, 0.2) is 66.9 Å². The zero-order chi connectivity index (χ0) is 32.1. The molecule has 266 valence electrons. The van der Waals surface area contributed by atoms with Crippen molar-refractivity contribution in [1.29, 1.82) is 0 Å². The molecule has 0 radical (unpaired) electrons. The SMILES string of the molecule is CN1CCN(C2CCN(C(=O)Nc3cc(Oc4ccc(NC(=O)C5(C(=O)OCc6ccccc6)CC5)c(F)c4)ccn3)CC2)CC1.Cl.Cl.Cl. The molecule has 2 N–H and O–H groups in total. The Balaban J connectivity index is 0.00000217. The van der Waals surface area contributed by atoms with Gasteiger partial charge >= 0.3 is 12.0 Å². The Morgan fingerprint density at radius 1 is 0.878 bits per heavy atom. The number of nitrogens with zero attached hydrogens (tertiary/aromatic N) is 4. The lowest BCUT2D eigenvalue weighted by atomic mass is 10.0. The molecule has 3 heterocycles. The number of hydrogen-bond acceptors (Lipinski definition) is 8. The predicted molar refractivity (Wildman–Crippen MR) is 192 cm³/mol. The van der Waals surface area contributed by atoms with Gasteiger partial charge in [0.2, 0.25) is 5.91 Å². The highest BCUT2D eigenvalue weighted by Crippen LogP contribution is 2.48. The molecule has 6 rings (SSSR count). The van der Waals surface area contributed by atoms with E-state index in [0.29, 0.717) is 43.5 Å². The number of amides is 3. The molecule has 0 atom stereocenters. The van der Waals surface area contributed by atoms with Gasteiger partial charge in [0.25, 0.3) is 0 Å². The summed E-state index contributed by atoms with van der Waals surface area (Å²) in [6, 6.07) is 16.7. The third-order valence-electron chi connectivity index (χ3n) is 8.98. The molecule has 2 aromatic carbocycles. The maximum absolute atomic E-state index is 15.0. The van der Waals surface area contributed by atoms with Crippen molar-refractivity contribution in [2.75, 3.05) is 56.9 Å². The van der Waals surface area contributed by atoms with Crippen molar-refractivity contribution >= 4 is 66.6 Å². The van der Waals surface area contributed by atoms with Gasteiger partial charge in [-0.1, -0.05) is 30.3 Å². The average Bonchev–Trinajstić information content (AvgIpc) is 3.89. The lowest BCUT2D eigenvalue weighted by molar-refractivity contribution is -0.154. The van der Waals surface area contributed by atoms with Crippen LogP contribution in [-0.4, -0.2) is 89.9 Å². The standard InChI is InChI=1S/C34H39FN6O5.3ClH/c1-39-17-19-40(20-18-39)25-10-15-41(16-11-25)33(44)38-30-22-27(9-14-36-30)46-26-7-8-29(28(35)21-26)37-31(42)34(12-13-34)32(43)45-23-24-5-3-2-4-6-24;;;/h2-9,14,21-22,25H,10-13,15-20,23H2,1H3,(H,37,42)(H,36,38,44);3*1H. The van der Waals surface area contributed by atoms with Gasteiger partial charge < -0.3 is 24.6 Å². The fourth-order valence-electron chi connectivity index (χ4n) is 5.90. The number of carbonyl (C=O) groups excluding carboxylic acids is 3. The third-order valence-corrected chi connectivity index (χ3v) is 8.98. The Morgan fingerprint density at radius 2 is 1.55 bits per heavy atom. The van der Waals surface area contributed by atoms with Gasteiger partial charge in [0.15, 0.2) is 0 Å². The van der Waals surface area contributed by atoms with E-state index in [9.17, 15) is 14.4 Å². The summed E-state index contributed by atoms with van der Waals surface area (Å²) in [4.78, 5) is 49.5. The second-order valence-corrected chi connectivity index (χ2v) is 12.2. The number of rotatable bonds is 9. The van der Waals surface area contributed by atoms with E-state index in [0.717, 1.165) is 50.7 Å². The van der Waals surface area contributed by atoms with Crippen LogP contribution in [0, 0.1) is 11.2 Å². The third kappa shape index (κ3) is 9.95. The number of ether oxygens (including phenoxy) is 2. The van der Waals surface area contributed by atoms with Gasteiger partial charge in [0.05, 0.1) is 5.69 Å². The molecule has 1 aliphatic carbocycles. The molecule has 15 heteroatoms. The first-order chi connectivity index (χ1) is 22.3. The number of aromatic nitrogens is 1. The Labute approximate surface area is 304 Å². The summed E-state index contributed by atoms with van der Waals surface area (Å²) in [7, 11) is 2.15. The number of piperazine rings is 1. The first-order valence-corrected chi connectivity index (χ1v) is 15.7. The Hall–Kier alpha value is -3.68. The van der Waals surface area contributed by atoms with Crippen LogP contribution in [-0.2, 0) is 20.9 Å². The first kappa shape index (κ1) is 39.8. The second-order valence-electron chi connectivity index (χ2n) is 12.2. The summed E-state index contributed by atoms with van der Waals surface area (Å²) in [6.45, 7) is 5.70. The monoisotopic (exact) mass is 738 g/mol. The topological polar surface area (TPSA) is 116 Å². The maximum Gasteiger partial charge on any atom is 0.323 e. The van der Waals surface area contributed by atoms with E-state index in [1.54, 1.807) is 17.0 Å². The maximum atomic E-state index is 15.0. The molecule has 2 aliphatic heterocycles. The van der Waals surface area contributed by atoms with E-state index in [2.05, 4.69) is 32.5 Å². The zero-order valence-corrected chi connectivity index (χ0v) is 29.6. The molecular formula is C34H42Cl3FN6O5. The Bertz CT molecular complexity index is 1570. The highest BCUT2D eigenvalue weighted by Gasteiger charge is 2.58. The molecule has 1 aromatic heterocycles. The van der Waals surface area contributed by atoms with Gasteiger partial charge in [-0.25, -0.2) is 14.2 Å². The van der Waals surface area contributed by atoms with Gasteiger partial charge in [-0.15, -0.1) is 37.2 Å². The number of piperidine rings is 1. The molecule has 49 heavy (non-hydrogen) atoms. The molecular weight excluding hydrogens is 698 g/mol. The molecule has 0 unspecified atom stereocenters. The summed E-state index contributed by atoms with van der Waals surface area (Å²) >= 11 is 0. The highest BCUT2D eigenvalue weighted by molar-refractivity contribution is 6.11. The van der Waals surface area contributed by atoms with Crippen LogP contribution in [0.25, 0.3) is 0 Å². The number of halogens is 4. The van der Waals surface area contributed by atoms with Crippen molar-refractivity contribution < 1.29 is 28.2 Å². The normalized spacial score (nSPS) is 17.3. The summed E-state index contributed by atoms with van der Waals surface area (Å²) < 4.78 is 26.2. The van der Waals surface area contributed by atoms with Crippen LogP contribution < -0.4 is 15.4 Å². The lowest BCUT2D eigenvalue weighted by Gasteiger charge is -2.42. The number of pyridine rings is 1. The van der Waals surface area contributed by atoms with Crippen LogP contribution in [0.5, 0.6) is 11.5 Å². The van der Waals surface area contributed by atoms with Gasteiger partial charge in [0.1, 0.15) is 35.2 Å². The van der Waals surface area contributed by atoms with Gasteiger partial charge in [-0.3, -0.25) is 19.8 Å². The van der Waals surface area contributed by atoms with Crippen LogP contribution in [0.2, 0.25) is 0 Å². The van der Waals surface area contributed by atoms with E-state index in [4.69, 9.17) is 9.47 Å². The van der Waals surface area contributed by atoms with Crippen LogP contribution in [0.4, 0.5) is 20.7 Å². The molecule has 3 fully saturated rings. The molecule has 1 saturated carbocycles. The average molecular weight is 740 g/mol. The molecule has 3 aliphatic rings. The van der Waals surface area contributed by atoms with Gasteiger partial charge in [-0.05, 0) is 56.5 Å². The minimum atomic E-state index is -1.31. The summed E-state index contributed by atoms with van der Waals surface area (Å²) in [6.07, 6.45) is 4.06. The Morgan fingerprint density at radius 3 is 2.20 bits per heavy atom. The fourth-order valence-corrected chi connectivity index (χ4v) is 5.90. The van der Waals surface area contributed by atoms with Gasteiger partial charge in [0, 0.05) is 63.6 Å². The van der Waals surface area contributed by atoms with Crippen molar-refractivity contribution in [3.05, 3.63) is 78.2 Å². The summed E-state index contributed by atoms with van der Waals surface area (Å²) in [5.74, 6) is -1.08. The minimum absolute atomic E-state index is 0. The fraction of sp³-hybridized carbons (Fsp3) is 0.412. The van der Waals surface area contributed by atoms with Gasteiger partial charge in [-0.2, -0.15) is 0 Å². The van der Waals surface area contributed by atoms with Crippen molar-refractivity contribution in [3.63, 3.8) is 0 Å². The number of likely N-dealkylation sites (N-methyl/N-ethyl adjacent to an activating group) is 1. The number of nitrogens with one attached hydrogen (secondary N) is 2. The predicted octanol–water partition coefficient (Wildman–Crippen LogP) is 5.98. The summed E-state index contributed by atoms with van der Waals surface area (Å²) in [5, 5.41) is 5.37. The number of carbonyl (C=O) groups is 3. The molecule has 2 saturated heterocycles. The number of anilines is 2. The number of esters is 1. The van der Waals surface area contributed by atoms with E-state index in [1.807, 2.05) is 30.3 Å². The smallest absolute Gasteiger partial charge is 0.323 e.